The van der Waals surface area contributed by atoms with Crippen molar-refractivity contribution in [2.24, 2.45) is 0 Å². The lowest BCUT2D eigenvalue weighted by Crippen LogP contribution is -1.96. The minimum atomic E-state index is -4.67. The largest absolute Gasteiger partial charge is 0.397 e. The second-order valence-electron chi connectivity index (χ2n) is 2.99. The number of fused-ring (bicyclic) bond motifs is 1. The molecule has 1 aromatic rings. The van der Waals surface area contributed by atoms with E-state index in [2.05, 4.69) is 4.74 Å². The van der Waals surface area contributed by atoms with Crippen molar-refractivity contribution in [1.82, 2.24) is 0 Å². The molecule has 9 heteroatoms. The number of cyclic esters (lactones) is 2. The van der Waals surface area contributed by atoms with Gasteiger partial charge in [0.25, 0.3) is 0 Å². The maximum Gasteiger partial charge on any atom is 0.394 e. The molecule has 1 aliphatic rings. The lowest BCUT2D eigenvalue weighted by atomic mass is 10.1. The Morgan fingerprint density at radius 3 is 1.58 bits per heavy atom. The normalized spacial score (nSPS) is 12.4. The Bertz CT molecular complexity index is 507. The maximum absolute atomic E-state index is 10.8. The molecule has 1 aliphatic heterocycles. The monoisotopic (exact) mass is 292 g/mol. The molecule has 0 saturated carbocycles. The average Bonchev–Trinajstić information content (AvgIpc) is 2.55. The van der Waals surface area contributed by atoms with Gasteiger partial charge in [-0.15, -0.1) is 0 Å². The third-order valence-corrected chi connectivity index (χ3v) is 1.55. The fourth-order valence-corrected chi connectivity index (χ4v) is 1.03. The van der Waals surface area contributed by atoms with Gasteiger partial charge in [-0.3, -0.25) is 9.11 Å². The Morgan fingerprint density at radius 2 is 1.32 bits per heavy atom. The van der Waals surface area contributed by atoms with Gasteiger partial charge in [0, 0.05) is 6.61 Å². The number of hydrogen-bond acceptors (Lipinski definition) is 6. The predicted octanol–water partition coefficient (Wildman–Crippen LogP) is 0.343. The van der Waals surface area contributed by atoms with Crippen LogP contribution in [-0.4, -0.2) is 41.2 Å². The van der Waals surface area contributed by atoms with Crippen molar-refractivity contribution in [3.05, 3.63) is 35.4 Å². The van der Waals surface area contributed by atoms with Crippen LogP contribution in [0.5, 0.6) is 0 Å². The molecule has 0 aliphatic carbocycles. The van der Waals surface area contributed by atoms with E-state index in [1.54, 1.807) is 31.2 Å². The van der Waals surface area contributed by atoms with E-state index >= 15 is 0 Å². The van der Waals surface area contributed by atoms with E-state index < -0.39 is 22.3 Å². The molecule has 0 bridgehead atoms. The van der Waals surface area contributed by atoms with Crippen molar-refractivity contribution < 1.29 is 37.0 Å². The number of ether oxygens (including phenoxy) is 1. The standard InChI is InChI=1S/C8H4O3.C2H6O.H2O4S/c9-7-5-3-1-2-4-6(5)8(10)11-7;1-2-3;1-5(2,3)4/h1-4H;3H,2H2,1H3;(H2,1,2,3,4). The Kier molecular flexibility index (Phi) is 6.86. The molecule has 0 unspecified atom stereocenters. The van der Waals surface area contributed by atoms with E-state index in [9.17, 15) is 9.59 Å². The van der Waals surface area contributed by atoms with Crippen molar-refractivity contribution >= 4 is 22.3 Å². The van der Waals surface area contributed by atoms with Crippen molar-refractivity contribution in [2.45, 2.75) is 6.92 Å². The SMILES string of the molecule is CCO.O=C1OC(=O)c2ccccc21.O=S(=O)(O)O. The van der Waals surface area contributed by atoms with E-state index in [4.69, 9.17) is 22.6 Å². The summed E-state index contributed by atoms with van der Waals surface area (Å²) in [5, 5.41) is 7.57. The molecule has 0 aromatic heterocycles. The van der Waals surface area contributed by atoms with Gasteiger partial charge in [0.2, 0.25) is 0 Å². The number of aliphatic hydroxyl groups excluding tert-OH is 1. The minimum absolute atomic E-state index is 0.250. The minimum Gasteiger partial charge on any atom is -0.397 e. The molecule has 0 amide bonds. The van der Waals surface area contributed by atoms with Gasteiger partial charge in [-0.2, -0.15) is 8.42 Å². The van der Waals surface area contributed by atoms with Crippen LogP contribution in [0.2, 0.25) is 0 Å². The van der Waals surface area contributed by atoms with Gasteiger partial charge in [-0.25, -0.2) is 9.59 Å². The Morgan fingerprint density at radius 1 is 1.05 bits per heavy atom. The summed E-state index contributed by atoms with van der Waals surface area (Å²) >= 11 is 0. The van der Waals surface area contributed by atoms with Crippen LogP contribution in [0.3, 0.4) is 0 Å². The van der Waals surface area contributed by atoms with E-state index in [0.29, 0.717) is 11.1 Å². The molecule has 19 heavy (non-hydrogen) atoms. The molecule has 3 N–H and O–H groups in total. The second kappa shape index (κ2) is 7.59. The van der Waals surface area contributed by atoms with Gasteiger partial charge in [0.1, 0.15) is 0 Å². The lowest BCUT2D eigenvalue weighted by Gasteiger charge is -1.86. The van der Waals surface area contributed by atoms with Crippen LogP contribution >= 0.6 is 0 Å². The Balaban J connectivity index is 0.000000344. The Labute approximate surface area is 109 Å². The third kappa shape index (κ3) is 7.26. The average molecular weight is 292 g/mol. The van der Waals surface area contributed by atoms with Crippen LogP contribution in [0.4, 0.5) is 0 Å². The van der Waals surface area contributed by atoms with Crippen LogP contribution in [0.25, 0.3) is 0 Å². The number of esters is 2. The molecule has 106 valence electrons. The fourth-order valence-electron chi connectivity index (χ4n) is 1.03. The van der Waals surface area contributed by atoms with Crippen molar-refractivity contribution in [3.8, 4) is 0 Å². The molecule has 1 aromatic carbocycles. The molecular weight excluding hydrogens is 280 g/mol. The van der Waals surface area contributed by atoms with E-state index in [-0.39, 0.29) is 6.61 Å². The van der Waals surface area contributed by atoms with E-state index in [0.717, 1.165) is 0 Å². The molecule has 8 nitrogen and oxygen atoms in total. The van der Waals surface area contributed by atoms with Gasteiger partial charge >= 0.3 is 22.3 Å². The van der Waals surface area contributed by atoms with Crippen LogP contribution < -0.4 is 0 Å². The fraction of sp³-hybridized carbons (Fsp3) is 0.200. The van der Waals surface area contributed by atoms with E-state index in [1.165, 1.54) is 0 Å². The van der Waals surface area contributed by atoms with Gasteiger partial charge in [-0.1, -0.05) is 12.1 Å². The molecule has 0 radical (unpaired) electrons. The summed E-state index contributed by atoms with van der Waals surface area (Å²) in [6, 6.07) is 6.53. The van der Waals surface area contributed by atoms with E-state index in [1.807, 2.05) is 0 Å². The van der Waals surface area contributed by atoms with Gasteiger partial charge in [0.15, 0.2) is 0 Å². The maximum atomic E-state index is 10.8. The first-order valence-electron chi connectivity index (χ1n) is 4.87. The highest BCUT2D eigenvalue weighted by atomic mass is 32.3. The molecule has 1 heterocycles. The molecule has 0 atom stereocenters. The quantitative estimate of drug-likeness (QED) is 0.353. The molecule has 2 rings (SSSR count). The van der Waals surface area contributed by atoms with Crippen molar-refractivity contribution in [1.29, 1.82) is 0 Å². The molecule has 0 saturated heterocycles. The highest BCUT2D eigenvalue weighted by Gasteiger charge is 2.28. The number of hydrogen-bond donors (Lipinski definition) is 3. The second-order valence-corrected chi connectivity index (χ2v) is 3.88. The van der Waals surface area contributed by atoms with Gasteiger partial charge < -0.3 is 9.84 Å². The topological polar surface area (TPSA) is 138 Å². The Hall–Kier alpha value is -1.81. The van der Waals surface area contributed by atoms with Crippen LogP contribution in [0, 0.1) is 0 Å². The first kappa shape index (κ1) is 17.2. The number of carbonyl (C=O) groups excluding carboxylic acids is 2. The molecular formula is C10H12O8S. The molecule has 0 spiro atoms. The number of benzene rings is 1. The summed E-state index contributed by atoms with van der Waals surface area (Å²) in [5.41, 5.74) is 0.718. The highest BCUT2D eigenvalue weighted by Crippen LogP contribution is 2.18. The summed E-state index contributed by atoms with van der Waals surface area (Å²) in [5.74, 6) is -1.10. The van der Waals surface area contributed by atoms with Gasteiger partial charge in [-0.05, 0) is 19.1 Å². The zero-order chi connectivity index (χ0) is 15.1. The highest BCUT2D eigenvalue weighted by molar-refractivity contribution is 7.79. The number of carbonyl (C=O) groups is 2. The summed E-state index contributed by atoms with van der Waals surface area (Å²) in [6.07, 6.45) is 0. The van der Waals surface area contributed by atoms with Gasteiger partial charge in [0.05, 0.1) is 11.1 Å². The summed E-state index contributed by atoms with van der Waals surface area (Å²) in [4.78, 5) is 21.7. The number of aliphatic hydroxyl groups is 1. The van der Waals surface area contributed by atoms with Crippen molar-refractivity contribution in [3.63, 3.8) is 0 Å². The van der Waals surface area contributed by atoms with Crippen LogP contribution in [-0.2, 0) is 15.1 Å². The summed E-state index contributed by atoms with van der Waals surface area (Å²) in [6.45, 7) is 1.93. The van der Waals surface area contributed by atoms with Crippen molar-refractivity contribution in [2.75, 3.05) is 6.61 Å². The summed E-state index contributed by atoms with van der Waals surface area (Å²) in [7, 11) is -4.67. The summed E-state index contributed by atoms with van der Waals surface area (Å²) < 4.78 is 35.9. The zero-order valence-electron chi connectivity index (χ0n) is 9.81. The third-order valence-electron chi connectivity index (χ3n) is 1.55. The molecule has 0 fully saturated rings. The first-order valence-corrected chi connectivity index (χ1v) is 6.26. The van der Waals surface area contributed by atoms with Crippen LogP contribution in [0.15, 0.2) is 24.3 Å². The smallest absolute Gasteiger partial charge is 0.394 e. The predicted molar refractivity (Wildman–Crippen MR) is 63.1 cm³/mol. The lowest BCUT2D eigenvalue weighted by molar-refractivity contribution is 0.0443. The number of rotatable bonds is 0. The first-order chi connectivity index (χ1) is 8.70. The van der Waals surface area contributed by atoms with Crippen LogP contribution in [0.1, 0.15) is 27.6 Å². The zero-order valence-corrected chi connectivity index (χ0v) is 10.6.